The summed E-state index contributed by atoms with van der Waals surface area (Å²) < 4.78 is 0. The Kier molecular flexibility index (Phi) is 3.46. The first-order chi connectivity index (χ1) is 12.3. The Morgan fingerprint density at radius 1 is 1.00 bits per heavy atom. The Morgan fingerprint density at radius 2 is 1.76 bits per heavy atom. The fourth-order valence-electron chi connectivity index (χ4n) is 4.71. The number of benzene rings is 2. The summed E-state index contributed by atoms with van der Waals surface area (Å²) in [5.41, 5.74) is 4.91. The number of likely N-dealkylation sites (tertiary alicyclic amines) is 1. The Morgan fingerprint density at radius 3 is 2.48 bits per heavy atom. The van der Waals surface area contributed by atoms with Gasteiger partial charge < -0.3 is 5.32 Å². The third-order valence-electron chi connectivity index (χ3n) is 6.23. The van der Waals surface area contributed by atoms with Gasteiger partial charge in [-0.25, -0.2) is 0 Å². The van der Waals surface area contributed by atoms with Crippen LogP contribution < -0.4 is 5.32 Å². The van der Waals surface area contributed by atoms with E-state index in [4.69, 9.17) is 0 Å². The molecule has 3 nitrogen and oxygen atoms in total. The molecule has 2 aliphatic heterocycles. The van der Waals surface area contributed by atoms with Gasteiger partial charge in [-0.2, -0.15) is 0 Å². The van der Waals surface area contributed by atoms with Gasteiger partial charge in [0.1, 0.15) is 0 Å². The van der Waals surface area contributed by atoms with E-state index in [0.717, 1.165) is 38.2 Å². The van der Waals surface area contributed by atoms with Gasteiger partial charge in [0, 0.05) is 12.2 Å². The number of piperidine rings is 1. The molecule has 25 heavy (non-hydrogen) atoms. The van der Waals surface area contributed by atoms with E-state index in [1.165, 1.54) is 29.5 Å². The molecule has 0 radical (unpaired) electrons. The van der Waals surface area contributed by atoms with Gasteiger partial charge in [-0.3, -0.25) is 9.69 Å². The molecule has 3 heteroatoms. The Balaban J connectivity index is 1.40. The molecule has 1 saturated carbocycles. The minimum Gasteiger partial charge on any atom is -0.325 e. The number of hydrogen-bond acceptors (Lipinski definition) is 2. The van der Waals surface area contributed by atoms with Gasteiger partial charge in [0.15, 0.2) is 0 Å². The molecule has 0 bridgehead atoms. The molecule has 0 atom stereocenters. The third-order valence-corrected chi connectivity index (χ3v) is 6.23. The molecule has 1 spiro atoms. The van der Waals surface area contributed by atoms with Crippen molar-refractivity contribution in [1.82, 2.24) is 4.90 Å². The minimum atomic E-state index is -0.290. The minimum absolute atomic E-state index is 0.231. The lowest BCUT2D eigenvalue weighted by Crippen LogP contribution is -2.46. The van der Waals surface area contributed by atoms with E-state index in [0.29, 0.717) is 5.92 Å². The highest BCUT2D eigenvalue weighted by molar-refractivity contribution is 6.07. The fraction of sp³-hybridized carbons (Fsp3) is 0.409. The van der Waals surface area contributed by atoms with Gasteiger partial charge in [-0.05, 0) is 67.4 Å². The van der Waals surface area contributed by atoms with Crippen molar-refractivity contribution < 1.29 is 4.79 Å². The number of anilines is 1. The summed E-state index contributed by atoms with van der Waals surface area (Å²) in [5, 5.41) is 3.19. The molecule has 1 aliphatic carbocycles. The Hall–Kier alpha value is -2.13. The quantitative estimate of drug-likeness (QED) is 0.919. The number of nitrogens with zero attached hydrogens (tertiary/aromatic N) is 1. The second-order valence-electron chi connectivity index (χ2n) is 7.84. The van der Waals surface area contributed by atoms with Crippen molar-refractivity contribution >= 4 is 11.6 Å². The Labute approximate surface area is 149 Å². The second kappa shape index (κ2) is 5.70. The van der Waals surface area contributed by atoms with Crippen LogP contribution in [-0.2, 0) is 16.8 Å². The molecule has 1 saturated heterocycles. The molecule has 2 aromatic rings. The largest absolute Gasteiger partial charge is 0.325 e. The highest BCUT2D eigenvalue weighted by atomic mass is 16.2. The molecule has 1 amide bonds. The van der Waals surface area contributed by atoms with Gasteiger partial charge in [0.05, 0.1) is 5.41 Å². The number of fused-ring (bicyclic) bond motifs is 2. The van der Waals surface area contributed by atoms with Crippen molar-refractivity contribution in [2.24, 2.45) is 0 Å². The maximum absolute atomic E-state index is 12.9. The summed E-state index contributed by atoms with van der Waals surface area (Å²) in [5.74, 6) is 0.914. The van der Waals surface area contributed by atoms with Crippen LogP contribution in [0.25, 0.3) is 0 Å². The highest BCUT2D eigenvalue weighted by Gasteiger charge is 2.50. The number of amides is 1. The lowest BCUT2D eigenvalue weighted by molar-refractivity contribution is -0.122. The van der Waals surface area contributed by atoms with E-state index >= 15 is 0 Å². The molecule has 1 N–H and O–H groups in total. The van der Waals surface area contributed by atoms with E-state index in [2.05, 4.69) is 58.7 Å². The summed E-state index contributed by atoms with van der Waals surface area (Å²) in [6.45, 7) is 2.96. The maximum Gasteiger partial charge on any atom is 0.235 e. The van der Waals surface area contributed by atoms with Crippen molar-refractivity contribution in [3.63, 3.8) is 0 Å². The van der Waals surface area contributed by atoms with Crippen LogP contribution in [0, 0.1) is 0 Å². The van der Waals surface area contributed by atoms with Crippen LogP contribution in [0.5, 0.6) is 0 Å². The molecule has 3 aliphatic rings. The number of carbonyl (C=O) groups is 1. The first-order valence-electron chi connectivity index (χ1n) is 9.47. The summed E-state index contributed by atoms with van der Waals surface area (Å²) >= 11 is 0. The number of hydrogen-bond donors (Lipinski definition) is 1. The van der Waals surface area contributed by atoms with Gasteiger partial charge in [0.25, 0.3) is 0 Å². The topological polar surface area (TPSA) is 32.3 Å². The van der Waals surface area contributed by atoms with Crippen LogP contribution in [0.3, 0.4) is 0 Å². The summed E-state index contributed by atoms with van der Waals surface area (Å²) in [4.78, 5) is 15.4. The highest BCUT2D eigenvalue weighted by Crippen LogP contribution is 2.52. The van der Waals surface area contributed by atoms with Crippen molar-refractivity contribution in [3.8, 4) is 0 Å². The fourth-order valence-corrected chi connectivity index (χ4v) is 4.71. The lowest BCUT2D eigenvalue weighted by atomic mass is 9.71. The van der Waals surface area contributed by atoms with E-state index < -0.39 is 0 Å². The summed E-state index contributed by atoms with van der Waals surface area (Å²) in [7, 11) is 0. The molecule has 0 aromatic heterocycles. The standard InChI is InChI=1S/C22H24N2O/c25-21-22(20-18(17-9-10-17)7-4-8-19(20)23-21)11-13-24(14-12-22)15-16-5-2-1-3-6-16/h1-8,17H,9-15H2,(H,23,25). The van der Waals surface area contributed by atoms with E-state index in [1.54, 1.807) is 0 Å². The zero-order chi connectivity index (χ0) is 16.9. The van der Waals surface area contributed by atoms with Crippen molar-refractivity contribution in [3.05, 3.63) is 65.2 Å². The van der Waals surface area contributed by atoms with Crippen LogP contribution in [0.2, 0.25) is 0 Å². The first-order valence-corrected chi connectivity index (χ1v) is 9.47. The molecular formula is C22H24N2O. The van der Waals surface area contributed by atoms with Gasteiger partial charge in [0.2, 0.25) is 5.91 Å². The van der Waals surface area contributed by atoms with E-state index in [-0.39, 0.29) is 11.3 Å². The van der Waals surface area contributed by atoms with Crippen molar-refractivity contribution in [2.75, 3.05) is 18.4 Å². The SMILES string of the molecule is O=C1Nc2cccc(C3CC3)c2C12CCN(Cc1ccccc1)CC2. The van der Waals surface area contributed by atoms with Gasteiger partial charge in [-0.1, -0.05) is 42.5 Å². The zero-order valence-corrected chi connectivity index (χ0v) is 14.5. The summed E-state index contributed by atoms with van der Waals surface area (Å²) in [6.07, 6.45) is 4.42. The van der Waals surface area contributed by atoms with Crippen LogP contribution in [0.4, 0.5) is 5.69 Å². The molecular weight excluding hydrogens is 308 g/mol. The number of carbonyl (C=O) groups excluding carboxylic acids is 1. The smallest absolute Gasteiger partial charge is 0.235 e. The van der Waals surface area contributed by atoms with Gasteiger partial charge >= 0.3 is 0 Å². The third kappa shape index (κ3) is 2.49. The first kappa shape index (κ1) is 15.2. The molecule has 2 fully saturated rings. The molecule has 0 unspecified atom stereocenters. The second-order valence-corrected chi connectivity index (χ2v) is 7.84. The molecule has 128 valence electrons. The van der Waals surface area contributed by atoms with Crippen LogP contribution >= 0.6 is 0 Å². The number of nitrogens with one attached hydrogen (secondary N) is 1. The number of rotatable bonds is 3. The van der Waals surface area contributed by atoms with E-state index in [1.807, 2.05) is 0 Å². The zero-order valence-electron chi connectivity index (χ0n) is 14.5. The predicted molar refractivity (Wildman–Crippen MR) is 99.7 cm³/mol. The normalized spacial score (nSPS) is 22.0. The van der Waals surface area contributed by atoms with Crippen LogP contribution in [-0.4, -0.2) is 23.9 Å². The molecule has 2 heterocycles. The van der Waals surface area contributed by atoms with E-state index in [9.17, 15) is 4.79 Å². The molecule has 2 aromatic carbocycles. The van der Waals surface area contributed by atoms with Crippen LogP contribution in [0.1, 0.15) is 48.3 Å². The summed E-state index contributed by atoms with van der Waals surface area (Å²) in [6, 6.07) is 17.1. The average molecular weight is 332 g/mol. The maximum atomic E-state index is 12.9. The van der Waals surface area contributed by atoms with Gasteiger partial charge in [-0.15, -0.1) is 0 Å². The van der Waals surface area contributed by atoms with Crippen LogP contribution in [0.15, 0.2) is 48.5 Å². The monoisotopic (exact) mass is 332 g/mol. The van der Waals surface area contributed by atoms with Crippen molar-refractivity contribution in [2.45, 2.75) is 43.6 Å². The predicted octanol–water partition coefficient (Wildman–Crippen LogP) is 4.05. The molecule has 5 rings (SSSR count). The average Bonchev–Trinajstić information content (AvgIpc) is 3.45. The Bertz CT molecular complexity index is 802. The van der Waals surface area contributed by atoms with Crippen molar-refractivity contribution in [1.29, 1.82) is 0 Å². The lowest BCUT2D eigenvalue weighted by Gasteiger charge is -2.38.